The highest BCUT2D eigenvalue weighted by Crippen LogP contribution is 2.35. The van der Waals surface area contributed by atoms with Crippen molar-refractivity contribution in [2.45, 2.75) is 24.6 Å². The second-order valence-electron chi connectivity index (χ2n) is 8.50. The molecule has 1 saturated heterocycles. The van der Waals surface area contributed by atoms with Crippen molar-refractivity contribution < 1.29 is 26.7 Å². The van der Waals surface area contributed by atoms with Gasteiger partial charge in [0.2, 0.25) is 0 Å². The van der Waals surface area contributed by atoms with Gasteiger partial charge >= 0.3 is 12.2 Å². The number of anilines is 3. The number of alkyl halides is 5. The average molecular weight is 514 g/mol. The van der Waals surface area contributed by atoms with Crippen LogP contribution in [-0.2, 0) is 13.2 Å². The van der Waals surface area contributed by atoms with Crippen LogP contribution in [0.1, 0.15) is 12.0 Å². The summed E-state index contributed by atoms with van der Waals surface area (Å²) in [6.45, 7) is -0.566. The second-order valence-corrected chi connectivity index (χ2v) is 8.50. The van der Waals surface area contributed by atoms with Crippen molar-refractivity contribution in [2.24, 2.45) is 7.05 Å². The van der Waals surface area contributed by atoms with Crippen LogP contribution in [0.15, 0.2) is 29.3 Å². The van der Waals surface area contributed by atoms with Crippen LogP contribution >= 0.6 is 0 Å². The number of aromatic amines is 1. The summed E-state index contributed by atoms with van der Waals surface area (Å²) in [4.78, 5) is 31.3. The predicted molar refractivity (Wildman–Crippen MR) is 122 cm³/mol. The maximum absolute atomic E-state index is 15.2. The van der Waals surface area contributed by atoms with E-state index >= 15 is 8.78 Å². The molecule has 0 saturated carbocycles. The largest absolute Gasteiger partial charge is 0.417 e. The van der Waals surface area contributed by atoms with Crippen molar-refractivity contribution in [3.05, 3.63) is 40.4 Å². The summed E-state index contributed by atoms with van der Waals surface area (Å²) >= 11 is 0. The van der Waals surface area contributed by atoms with Crippen molar-refractivity contribution in [1.82, 2.24) is 24.6 Å². The van der Waals surface area contributed by atoms with Gasteiger partial charge in [-0.1, -0.05) is 0 Å². The maximum atomic E-state index is 15.2. The smallest absolute Gasteiger partial charge is 0.371 e. The Morgan fingerprint density at radius 2 is 2.03 bits per heavy atom. The van der Waals surface area contributed by atoms with Gasteiger partial charge in [0.15, 0.2) is 11.5 Å². The lowest BCUT2D eigenvalue weighted by Crippen LogP contribution is -2.59. The third kappa shape index (κ3) is 4.64. The molecule has 1 fully saturated rings. The summed E-state index contributed by atoms with van der Waals surface area (Å²) in [6.07, 6.45) is -2.88. The van der Waals surface area contributed by atoms with Crippen LogP contribution in [0.4, 0.5) is 43.9 Å². The summed E-state index contributed by atoms with van der Waals surface area (Å²) < 4.78 is 70.3. The van der Waals surface area contributed by atoms with E-state index in [1.165, 1.54) is 11.1 Å². The highest BCUT2D eigenvalue weighted by Gasteiger charge is 2.48. The third-order valence-corrected chi connectivity index (χ3v) is 6.11. The molecule has 0 bridgehead atoms. The number of aromatic nitrogens is 4. The van der Waals surface area contributed by atoms with Gasteiger partial charge in [-0.2, -0.15) is 18.3 Å². The number of halogens is 5. The van der Waals surface area contributed by atoms with Crippen LogP contribution < -0.4 is 21.1 Å². The van der Waals surface area contributed by atoms with Crippen molar-refractivity contribution >= 4 is 34.3 Å². The lowest BCUT2D eigenvalue weighted by molar-refractivity contribution is -0.138. The minimum atomic E-state index is -4.76. The molecule has 194 valence electrons. The molecule has 0 radical (unpaired) electrons. The molecule has 0 spiro atoms. The molecule has 3 aromatic heterocycles. The van der Waals surface area contributed by atoms with Gasteiger partial charge < -0.3 is 25.0 Å². The number of nitrogens with zero attached hydrogens (tertiary/aromatic N) is 5. The van der Waals surface area contributed by atoms with Gasteiger partial charge in [0, 0.05) is 33.9 Å². The van der Waals surface area contributed by atoms with Crippen molar-refractivity contribution in [1.29, 1.82) is 0 Å². The van der Waals surface area contributed by atoms with Gasteiger partial charge in [0.1, 0.15) is 11.7 Å². The number of rotatable bonds is 4. The van der Waals surface area contributed by atoms with E-state index in [0.29, 0.717) is 44.3 Å². The molecule has 0 aromatic carbocycles. The first-order valence-electron chi connectivity index (χ1n) is 10.8. The highest BCUT2D eigenvalue weighted by molar-refractivity contribution is 5.90. The van der Waals surface area contributed by atoms with Gasteiger partial charge in [0.05, 0.1) is 29.4 Å². The predicted octanol–water partition coefficient (Wildman–Crippen LogP) is 3.10. The molecule has 1 aliphatic rings. The number of urea groups is 1. The van der Waals surface area contributed by atoms with E-state index in [0.717, 1.165) is 14.1 Å². The van der Waals surface area contributed by atoms with Gasteiger partial charge in [-0.05, 0) is 18.6 Å². The Hall–Kier alpha value is -3.91. The molecular formula is C21H23F5N8O2. The standard InChI is InChI=1S/C21H23F5N8O2/c1-27-16-13-7-12(8-28-17(13)31-30-16)34-5-4-15(20(22,23)10-34)33(3)19(36)29-14-6-11(21(24,25)26)9-32(2)18(14)35/h6-9,15H,4-5,10H2,1-3H3,(H,29,36)(H2,27,28,30,31)/t15-/m0/s1. The number of aryl methyl sites for hydroxylation is 1. The Bertz CT molecular complexity index is 1350. The molecule has 2 amide bonds. The van der Waals surface area contributed by atoms with E-state index < -0.39 is 47.5 Å². The summed E-state index contributed by atoms with van der Waals surface area (Å²) in [5.74, 6) is -2.86. The zero-order chi connectivity index (χ0) is 26.4. The normalized spacial score (nSPS) is 17.8. The Kier molecular flexibility index (Phi) is 6.26. The molecule has 10 nitrogen and oxygen atoms in total. The lowest BCUT2D eigenvalue weighted by atomic mass is 9.99. The van der Waals surface area contributed by atoms with E-state index in [1.807, 2.05) is 0 Å². The number of amides is 2. The van der Waals surface area contributed by atoms with Crippen LogP contribution in [0.3, 0.4) is 0 Å². The zero-order valence-electron chi connectivity index (χ0n) is 19.5. The van der Waals surface area contributed by atoms with Crippen molar-refractivity contribution in [3.8, 4) is 0 Å². The van der Waals surface area contributed by atoms with Crippen LogP contribution in [0.2, 0.25) is 0 Å². The van der Waals surface area contributed by atoms with E-state index in [9.17, 15) is 22.8 Å². The fourth-order valence-corrected chi connectivity index (χ4v) is 4.18. The zero-order valence-corrected chi connectivity index (χ0v) is 19.5. The monoisotopic (exact) mass is 514 g/mol. The number of carbonyl (C=O) groups excluding carboxylic acids is 1. The molecule has 4 rings (SSSR count). The van der Waals surface area contributed by atoms with Crippen LogP contribution in [0.25, 0.3) is 11.0 Å². The molecular weight excluding hydrogens is 491 g/mol. The third-order valence-electron chi connectivity index (χ3n) is 6.11. The Balaban J connectivity index is 1.51. The number of nitrogens with one attached hydrogen (secondary N) is 3. The van der Waals surface area contributed by atoms with E-state index in [1.54, 1.807) is 13.1 Å². The number of hydrogen-bond donors (Lipinski definition) is 3. The first kappa shape index (κ1) is 25.2. The first-order chi connectivity index (χ1) is 16.8. The van der Waals surface area contributed by atoms with Crippen molar-refractivity contribution in [2.75, 3.05) is 42.7 Å². The Labute approximate surface area is 201 Å². The minimum Gasteiger partial charge on any atom is -0.371 e. The Morgan fingerprint density at radius 1 is 1.31 bits per heavy atom. The van der Waals surface area contributed by atoms with Gasteiger partial charge in [-0.15, -0.1) is 0 Å². The van der Waals surface area contributed by atoms with E-state index in [4.69, 9.17) is 0 Å². The molecule has 1 aliphatic heterocycles. The quantitative estimate of drug-likeness (QED) is 0.462. The molecule has 1 atom stereocenters. The second kappa shape index (κ2) is 8.95. The molecule has 15 heteroatoms. The summed E-state index contributed by atoms with van der Waals surface area (Å²) in [5, 5.41) is 12.3. The highest BCUT2D eigenvalue weighted by atomic mass is 19.4. The summed E-state index contributed by atoms with van der Waals surface area (Å²) in [6, 6.07) is -0.521. The SMILES string of the molecule is CNc1n[nH]c2ncc(N3CC[C@H](N(C)C(=O)Nc4cc(C(F)(F)F)cn(C)c4=O)C(F)(F)C3)cc12. The molecule has 3 N–H and O–H groups in total. The van der Waals surface area contributed by atoms with Gasteiger partial charge in [-0.3, -0.25) is 9.89 Å². The number of fused-ring (bicyclic) bond motifs is 1. The van der Waals surface area contributed by atoms with Crippen LogP contribution in [0, 0.1) is 0 Å². The number of carbonyl (C=O) groups is 1. The van der Waals surface area contributed by atoms with Crippen LogP contribution in [0.5, 0.6) is 0 Å². The maximum Gasteiger partial charge on any atom is 0.417 e. The van der Waals surface area contributed by atoms with Crippen LogP contribution in [-0.4, -0.2) is 69.8 Å². The number of pyridine rings is 2. The number of piperidine rings is 1. The topological polar surface area (TPSA) is 111 Å². The molecule has 3 aromatic rings. The Morgan fingerprint density at radius 3 is 2.67 bits per heavy atom. The van der Waals surface area contributed by atoms with E-state index in [2.05, 4.69) is 25.8 Å². The van der Waals surface area contributed by atoms with Crippen molar-refractivity contribution in [3.63, 3.8) is 0 Å². The summed E-state index contributed by atoms with van der Waals surface area (Å²) in [5.41, 5.74) is -1.80. The minimum absolute atomic E-state index is 0.139. The number of H-pyrrole nitrogens is 1. The molecule has 36 heavy (non-hydrogen) atoms. The van der Waals surface area contributed by atoms with E-state index in [-0.39, 0.29) is 13.0 Å². The number of hydrogen-bond acceptors (Lipinski definition) is 6. The molecule has 4 heterocycles. The van der Waals surface area contributed by atoms with Gasteiger partial charge in [-0.25, -0.2) is 18.6 Å². The summed E-state index contributed by atoms with van der Waals surface area (Å²) in [7, 11) is 3.87. The fourth-order valence-electron chi connectivity index (χ4n) is 4.18. The molecule has 0 aliphatic carbocycles. The van der Waals surface area contributed by atoms with Gasteiger partial charge in [0.25, 0.3) is 11.5 Å². The fraction of sp³-hybridized carbons (Fsp3) is 0.429. The average Bonchev–Trinajstić information content (AvgIpc) is 3.22. The lowest BCUT2D eigenvalue weighted by Gasteiger charge is -2.42. The first-order valence-corrected chi connectivity index (χ1v) is 10.8. The molecule has 0 unspecified atom stereocenters.